The normalized spacial score (nSPS) is 9.83. The van der Waals surface area contributed by atoms with Gasteiger partial charge >= 0.3 is 0 Å². The van der Waals surface area contributed by atoms with E-state index in [1.165, 1.54) is 11.1 Å². The van der Waals surface area contributed by atoms with Gasteiger partial charge in [-0.2, -0.15) is 5.54 Å². The van der Waals surface area contributed by atoms with Crippen molar-refractivity contribution in [1.29, 1.82) is 0 Å². The summed E-state index contributed by atoms with van der Waals surface area (Å²) in [5.74, 6) is 0.774. The lowest BCUT2D eigenvalue weighted by Gasteiger charge is -2.04. The highest BCUT2D eigenvalue weighted by Gasteiger charge is 1.91. The molecule has 2 nitrogen and oxygen atoms in total. The third kappa shape index (κ3) is 2.88. The van der Waals surface area contributed by atoms with Crippen molar-refractivity contribution in [2.24, 2.45) is 0 Å². The van der Waals surface area contributed by atoms with E-state index in [0.29, 0.717) is 6.61 Å². The quantitative estimate of drug-likeness (QED) is 0.548. The van der Waals surface area contributed by atoms with Gasteiger partial charge in [-0.1, -0.05) is 17.7 Å². The third-order valence-electron chi connectivity index (χ3n) is 1.49. The highest BCUT2D eigenvalue weighted by Crippen LogP contribution is 2.10. The topological polar surface area (TPSA) is 21.3 Å². The second-order valence-corrected chi connectivity index (χ2v) is 2.55. The van der Waals surface area contributed by atoms with Gasteiger partial charge in [-0.05, 0) is 19.1 Å². The summed E-state index contributed by atoms with van der Waals surface area (Å²) in [5.41, 5.74) is 2.71. The van der Waals surface area contributed by atoms with Gasteiger partial charge in [0.05, 0.1) is 6.54 Å². The maximum absolute atomic E-state index is 11.4. The smallest absolute Gasteiger partial charge is 0.119 e. The van der Waals surface area contributed by atoms with Crippen LogP contribution in [-0.4, -0.2) is 13.2 Å². The van der Waals surface area contributed by atoms with E-state index < -0.39 is 0 Å². The molecule has 0 fully saturated rings. The molecule has 0 radical (unpaired) electrons. The number of ether oxygens (including phenoxy) is 1. The summed E-state index contributed by atoms with van der Waals surface area (Å²) in [6.45, 7) is 2.57. The monoisotopic (exact) mass is 169 g/mol. The van der Waals surface area contributed by atoms with Crippen molar-refractivity contribution in [1.82, 2.24) is 5.54 Å². The van der Waals surface area contributed by atoms with Gasteiger partial charge in [-0.3, -0.25) is 0 Å². The molecule has 0 aliphatic heterocycles. The Balaban J connectivity index is 2.37. The molecule has 0 aliphatic carbocycles. The summed E-state index contributed by atoms with van der Waals surface area (Å²) >= 11 is 0. The first-order valence-electron chi connectivity index (χ1n) is 3.86. The number of hydrogen-bond acceptors (Lipinski definition) is 2. The van der Waals surface area contributed by atoms with Crippen molar-refractivity contribution in [3.63, 3.8) is 0 Å². The van der Waals surface area contributed by atoms with Gasteiger partial charge in [0, 0.05) is 0 Å². The number of aryl methyl sites for hydroxylation is 1. The van der Waals surface area contributed by atoms with E-state index >= 15 is 0 Å². The minimum absolute atomic E-state index is 0.216. The van der Waals surface area contributed by atoms with Crippen LogP contribution in [0.1, 0.15) is 5.56 Å². The Morgan fingerprint density at radius 2 is 2.00 bits per heavy atom. The molecule has 0 bridgehead atoms. The molecule has 1 aromatic carbocycles. The summed E-state index contributed by atoms with van der Waals surface area (Å²) in [5, 5.41) is 0. The Morgan fingerprint density at radius 1 is 1.33 bits per heavy atom. The van der Waals surface area contributed by atoms with E-state index in [2.05, 4.69) is 0 Å². The predicted octanol–water partition coefficient (Wildman–Crippen LogP) is 1.85. The summed E-state index contributed by atoms with van der Waals surface area (Å²) in [7, 11) is 0. The van der Waals surface area contributed by atoms with Crippen LogP contribution in [0.4, 0.5) is 4.48 Å². The van der Waals surface area contributed by atoms with Gasteiger partial charge in [0.1, 0.15) is 12.4 Å². The molecular formula is C9H12FNO. The van der Waals surface area contributed by atoms with Crippen LogP contribution in [0.2, 0.25) is 0 Å². The highest BCUT2D eigenvalue weighted by molar-refractivity contribution is 5.26. The van der Waals surface area contributed by atoms with Crippen LogP contribution in [0.25, 0.3) is 0 Å². The Bertz CT molecular complexity index is 222. The minimum atomic E-state index is 0.216. The Labute approximate surface area is 71.3 Å². The lowest BCUT2D eigenvalue weighted by atomic mass is 10.2. The predicted molar refractivity (Wildman–Crippen MR) is 45.8 cm³/mol. The van der Waals surface area contributed by atoms with Gasteiger partial charge < -0.3 is 4.74 Å². The van der Waals surface area contributed by atoms with E-state index in [1.54, 1.807) is 0 Å². The van der Waals surface area contributed by atoms with Crippen LogP contribution in [0.15, 0.2) is 24.3 Å². The maximum Gasteiger partial charge on any atom is 0.119 e. The van der Waals surface area contributed by atoms with Crippen molar-refractivity contribution in [3.05, 3.63) is 29.8 Å². The average Bonchev–Trinajstić information content (AvgIpc) is 2.09. The van der Waals surface area contributed by atoms with E-state index in [0.717, 1.165) is 5.75 Å². The molecule has 3 heteroatoms. The molecule has 0 aromatic heterocycles. The largest absolute Gasteiger partial charge is 0.492 e. The molecular weight excluding hydrogens is 157 g/mol. The third-order valence-corrected chi connectivity index (χ3v) is 1.49. The van der Waals surface area contributed by atoms with Crippen molar-refractivity contribution >= 4 is 0 Å². The molecule has 0 saturated carbocycles. The molecule has 0 heterocycles. The molecule has 1 aromatic rings. The Hall–Kier alpha value is -1.09. The first-order chi connectivity index (χ1) is 5.83. The number of hydrogen-bond donors (Lipinski definition) is 1. The maximum atomic E-state index is 11.4. The molecule has 0 amide bonds. The molecule has 12 heavy (non-hydrogen) atoms. The van der Waals surface area contributed by atoms with Gasteiger partial charge in [-0.25, -0.2) is 0 Å². The first-order valence-corrected chi connectivity index (χ1v) is 3.86. The summed E-state index contributed by atoms with van der Waals surface area (Å²) in [4.78, 5) is 0. The second kappa shape index (κ2) is 4.72. The SMILES string of the molecule is Cc1ccc(OCCNF)cc1. The van der Waals surface area contributed by atoms with Gasteiger partial charge in [0.25, 0.3) is 0 Å². The summed E-state index contributed by atoms with van der Waals surface area (Å²) < 4.78 is 16.6. The number of halogens is 1. The van der Waals surface area contributed by atoms with Crippen LogP contribution in [0.5, 0.6) is 5.75 Å². The molecule has 1 N–H and O–H groups in total. The van der Waals surface area contributed by atoms with Gasteiger partial charge in [-0.15, -0.1) is 4.48 Å². The Kier molecular flexibility index (Phi) is 3.54. The zero-order chi connectivity index (χ0) is 8.81. The van der Waals surface area contributed by atoms with Crippen LogP contribution in [0, 0.1) is 6.92 Å². The minimum Gasteiger partial charge on any atom is -0.492 e. The van der Waals surface area contributed by atoms with Gasteiger partial charge in [0.15, 0.2) is 0 Å². The fraction of sp³-hybridized carbons (Fsp3) is 0.333. The van der Waals surface area contributed by atoms with Crippen molar-refractivity contribution in [3.8, 4) is 5.75 Å². The van der Waals surface area contributed by atoms with Crippen LogP contribution in [-0.2, 0) is 0 Å². The van der Waals surface area contributed by atoms with Gasteiger partial charge in [0.2, 0.25) is 0 Å². The standard InChI is InChI=1S/C9H12FNO/c1-8-2-4-9(5-3-8)12-7-6-11-10/h2-5,11H,6-7H2,1H3. The van der Waals surface area contributed by atoms with E-state index in [-0.39, 0.29) is 6.54 Å². The highest BCUT2D eigenvalue weighted by atomic mass is 19.2. The van der Waals surface area contributed by atoms with E-state index in [1.807, 2.05) is 31.2 Å². The van der Waals surface area contributed by atoms with Crippen LogP contribution >= 0.6 is 0 Å². The number of benzene rings is 1. The average molecular weight is 169 g/mol. The van der Waals surface area contributed by atoms with E-state index in [9.17, 15) is 4.48 Å². The zero-order valence-electron chi connectivity index (χ0n) is 7.01. The lowest BCUT2D eigenvalue weighted by Crippen LogP contribution is -2.12. The fourth-order valence-electron chi connectivity index (χ4n) is 0.842. The fourth-order valence-corrected chi connectivity index (χ4v) is 0.842. The zero-order valence-corrected chi connectivity index (χ0v) is 7.01. The Morgan fingerprint density at radius 3 is 2.58 bits per heavy atom. The summed E-state index contributed by atoms with van der Waals surface area (Å²) in [6.07, 6.45) is 0. The molecule has 66 valence electrons. The second-order valence-electron chi connectivity index (χ2n) is 2.55. The summed E-state index contributed by atoms with van der Waals surface area (Å²) in [6, 6.07) is 7.65. The number of nitrogens with one attached hydrogen (secondary N) is 1. The first kappa shape index (κ1) is 9.00. The molecule has 0 spiro atoms. The molecule has 0 atom stereocenters. The molecule has 0 unspecified atom stereocenters. The van der Waals surface area contributed by atoms with Crippen molar-refractivity contribution < 1.29 is 9.22 Å². The van der Waals surface area contributed by atoms with Crippen LogP contribution < -0.4 is 10.3 Å². The number of rotatable bonds is 4. The molecule has 0 aliphatic rings. The molecule has 1 rings (SSSR count). The lowest BCUT2D eigenvalue weighted by molar-refractivity contribution is 0.254. The van der Waals surface area contributed by atoms with E-state index in [4.69, 9.17) is 4.74 Å². The van der Waals surface area contributed by atoms with Crippen molar-refractivity contribution in [2.75, 3.05) is 13.2 Å². The van der Waals surface area contributed by atoms with Crippen LogP contribution in [0.3, 0.4) is 0 Å². The van der Waals surface area contributed by atoms with Crippen molar-refractivity contribution in [2.45, 2.75) is 6.92 Å². The molecule has 0 saturated heterocycles.